The molecule has 0 aliphatic carbocycles. The Morgan fingerprint density at radius 1 is 1.32 bits per heavy atom. The highest BCUT2D eigenvalue weighted by Gasteiger charge is 2.31. The molecule has 1 aromatic carbocycles. The number of fused-ring (bicyclic) bond motifs is 1. The molecule has 1 saturated heterocycles. The maximum absolute atomic E-state index is 12.1. The van der Waals surface area contributed by atoms with E-state index in [-0.39, 0.29) is 6.09 Å². The Balaban J connectivity index is 1.83. The van der Waals surface area contributed by atoms with Crippen LogP contribution in [0.15, 0.2) is 30.0 Å². The number of likely N-dealkylation sites (tertiary alicyclic amines) is 1. The van der Waals surface area contributed by atoms with E-state index in [0.29, 0.717) is 18.7 Å². The number of ether oxygens (including phenoxy) is 1. The van der Waals surface area contributed by atoms with Crippen molar-refractivity contribution in [3.63, 3.8) is 0 Å². The number of hydrogen-bond acceptors (Lipinski definition) is 4. The maximum atomic E-state index is 12.1. The number of carbonyl (C=O) groups excluding carboxylic acids is 1. The monoisotopic (exact) mass is 343 g/mol. The number of aliphatic hydroxyl groups excluding tert-OH is 1. The van der Waals surface area contributed by atoms with Gasteiger partial charge in [0.2, 0.25) is 0 Å². The normalized spacial score (nSPS) is 15.9. The van der Waals surface area contributed by atoms with Crippen molar-refractivity contribution in [2.75, 3.05) is 13.1 Å². The number of nitrogens with zero attached hydrogens (tertiary/aromatic N) is 1. The molecule has 25 heavy (non-hydrogen) atoms. The van der Waals surface area contributed by atoms with E-state index in [2.05, 4.69) is 11.9 Å². The first kappa shape index (κ1) is 17.5. The fourth-order valence-electron chi connectivity index (χ4n) is 3.05. The van der Waals surface area contributed by atoms with Crippen molar-refractivity contribution in [1.29, 1.82) is 0 Å². The number of aromatic nitrogens is 1. The Bertz CT molecular complexity index is 835. The van der Waals surface area contributed by atoms with Gasteiger partial charge in [-0.1, -0.05) is 12.1 Å². The number of aromatic amines is 1. The maximum Gasteiger partial charge on any atom is 0.410 e. The number of nitrogens with one attached hydrogen (secondary N) is 1. The molecule has 2 heterocycles. The summed E-state index contributed by atoms with van der Waals surface area (Å²) in [5, 5.41) is 10.7. The molecule has 6 nitrogen and oxygen atoms in total. The Hall–Kier alpha value is -2.31. The molecule has 0 saturated carbocycles. The van der Waals surface area contributed by atoms with E-state index in [0.717, 1.165) is 22.0 Å². The van der Waals surface area contributed by atoms with Gasteiger partial charge < -0.3 is 25.5 Å². The minimum Gasteiger partial charge on any atom is -0.444 e. The van der Waals surface area contributed by atoms with Gasteiger partial charge in [-0.25, -0.2) is 4.79 Å². The van der Waals surface area contributed by atoms with Crippen LogP contribution in [0.4, 0.5) is 4.79 Å². The van der Waals surface area contributed by atoms with Crippen molar-refractivity contribution >= 4 is 22.6 Å². The summed E-state index contributed by atoms with van der Waals surface area (Å²) in [4.78, 5) is 16.9. The summed E-state index contributed by atoms with van der Waals surface area (Å²) in [6.45, 7) is 8.80. The van der Waals surface area contributed by atoms with E-state index in [1.165, 1.54) is 5.57 Å². The molecule has 0 spiro atoms. The van der Waals surface area contributed by atoms with Crippen LogP contribution >= 0.6 is 0 Å². The second-order valence-electron chi connectivity index (χ2n) is 7.48. The van der Waals surface area contributed by atoms with Crippen molar-refractivity contribution in [3.8, 4) is 0 Å². The number of amides is 1. The van der Waals surface area contributed by atoms with Crippen molar-refractivity contribution in [2.24, 2.45) is 5.73 Å². The predicted octanol–water partition coefficient (Wildman–Crippen LogP) is 3.14. The molecule has 3 rings (SSSR count). The molecule has 1 amide bonds. The van der Waals surface area contributed by atoms with Gasteiger partial charge in [-0.2, -0.15) is 0 Å². The SMILES string of the molecule is CC(=C1CN(C(=O)OC(C)(C)C)C1)c1ccc(C(N)O)c2[nH]ccc12. The lowest BCUT2D eigenvalue weighted by Gasteiger charge is -2.36. The molecule has 0 bridgehead atoms. The number of carbonyl (C=O) groups is 1. The highest BCUT2D eigenvalue weighted by molar-refractivity contribution is 5.95. The van der Waals surface area contributed by atoms with Crippen LogP contribution in [0.3, 0.4) is 0 Å². The summed E-state index contributed by atoms with van der Waals surface area (Å²) in [6.07, 6.45) is 0.540. The van der Waals surface area contributed by atoms with E-state index in [1.807, 2.05) is 45.2 Å². The number of rotatable bonds is 2. The number of H-pyrrole nitrogens is 1. The molecule has 1 unspecified atom stereocenters. The lowest BCUT2D eigenvalue weighted by Crippen LogP contribution is -2.47. The summed E-state index contributed by atoms with van der Waals surface area (Å²) in [5.74, 6) is 0. The molecule has 0 radical (unpaired) electrons. The van der Waals surface area contributed by atoms with Gasteiger partial charge in [0, 0.05) is 30.2 Å². The second kappa shape index (κ2) is 6.20. The lowest BCUT2D eigenvalue weighted by atomic mass is 9.93. The Kier molecular flexibility index (Phi) is 4.34. The Morgan fingerprint density at radius 2 is 2.00 bits per heavy atom. The number of allylic oxidation sites excluding steroid dienone is 1. The van der Waals surface area contributed by atoms with Crippen LogP contribution < -0.4 is 5.73 Å². The van der Waals surface area contributed by atoms with Crippen LogP contribution in [0, 0.1) is 0 Å². The zero-order valence-corrected chi connectivity index (χ0v) is 15.1. The largest absolute Gasteiger partial charge is 0.444 e. The number of nitrogens with two attached hydrogens (primary N) is 1. The van der Waals surface area contributed by atoms with E-state index in [9.17, 15) is 9.90 Å². The van der Waals surface area contributed by atoms with Crippen LogP contribution in [-0.2, 0) is 4.74 Å². The number of benzene rings is 1. The fourth-order valence-corrected chi connectivity index (χ4v) is 3.05. The first-order valence-electron chi connectivity index (χ1n) is 8.38. The quantitative estimate of drug-likeness (QED) is 0.731. The van der Waals surface area contributed by atoms with Crippen LogP contribution in [0.1, 0.15) is 45.0 Å². The summed E-state index contributed by atoms with van der Waals surface area (Å²) in [6, 6.07) is 5.79. The van der Waals surface area contributed by atoms with Gasteiger partial charge in [0.25, 0.3) is 0 Å². The highest BCUT2D eigenvalue weighted by atomic mass is 16.6. The van der Waals surface area contributed by atoms with Gasteiger partial charge in [-0.05, 0) is 50.5 Å². The summed E-state index contributed by atoms with van der Waals surface area (Å²) < 4.78 is 5.39. The van der Waals surface area contributed by atoms with Crippen LogP contribution in [-0.4, -0.2) is 39.8 Å². The molecule has 4 N–H and O–H groups in total. The van der Waals surface area contributed by atoms with Gasteiger partial charge in [0.1, 0.15) is 11.8 Å². The van der Waals surface area contributed by atoms with Crippen molar-refractivity contribution in [2.45, 2.75) is 39.5 Å². The van der Waals surface area contributed by atoms with Gasteiger partial charge in [-0.15, -0.1) is 0 Å². The molecule has 6 heteroatoms. The average Bonchev–Trinajstić information content (AvgIpc) is 2.91. The van der Waals surface area contributed by atoms with E-state index in [4.69, 9.17) is 10.5 Å². The van der Waals surface area contributed by atoms with Crippen molar-refractivity contribution < 1.29 is 14.6 Å². The summed E-state index contributed by atoms with van der Waals surface area (Å²) in [5.41, 5.74) is 10.1. The topological polar surface area (TPSA) is 91.6 Å². The lowest BCUT2D eigenvalue weighted by molar-refractivity contribution is 0.0215. The zero-order chi connectivity index (χ0) is 18.4. The molecule has 1 aliphatic heterocycles. The van der Waals surface area contributed by atoms with E-state index < -0.39 is 11.8 Å². The minimum atomic E-state index is -1.02. The smallest absolute Gasteiger partial charge is 0.410 e. The Morgan fingerprint density at radius 3 is 2.60 bits per heavy atom. The van der Waals surface area contributed by atoms with Gasteiger partial charge in [0.15, 0.2) is 0 Å². The molecule has 1 aromatic heterocycles. The van der Waals surface area contributed by atoms with Crippen molar-refractivity contribution in [3.05, 3.63) is 41.1 Å². The second-order valence-corrected chi connectivity index (χ2v) is 7.48. The third-order valence-electron chi connectivity index (χ3n) is 4.42. The predicted molar refractivity (Wildman–Crippen MR) is 97.8 cm³/mol. The van der Waals surface area contributed by atoms with Crippen molar-refractivity contribution in [1.82, 2.24) is 9.88 Å². The molecular formula is C19H25N3O3. The van der Waals surface area contributed by atoms with Gasteiger partial charge >= 0.3 is 6.09 Å². The molecule has 1 aliphatic rings. The number of hydrogen-bond donors (Lipinski definition) is 3. The third-order valence-corrected chi connectivity index (χ3v) is 4.42. The fraction of sp³-hybridized carbons (Fsp3) is 0.421. The summed E-state index contributed by atoms with van der Waals surface area (Å²) >= 11 is 0. The number of aliphatic hydroxyl groups is 1. The van der Waals surface area contributed by atoms with E-state index in [1.54, 1.807) is 4.90 Å². The minimum absolute atomic E-state index is 0.280. The first-order chi connectivity index (χ1) is 11.7. The standard InChI is InChI=1S/C19H25N3O3/c1-11(12-9-22(10-12)18(24)25-19(2,3)4)13-5-6-15(17(20)23)16-14(13)7-8-21-16/h5-8,17,21,23H,9-10,20H2,1-4H3. The van der Waals surface area contributed by atoms with Crippen LogP contribution in [0.2, 0.25) is 0 Å². The molecule has 1 atom stereocenters. The molecule has 2 aromatic rings. The van der Waals surface area contributed by atoms with E-state index >= 15 is 0 Å². The molecule has 134 valence electrons. The third kappa shape index (κ3) is 3.41. The zero-order valence-electron chi connectivity index (χ0n) is 15.1. The first-order valence-corrected chi connectivity index (χ1v) is 8.38. The Labute approximate surface area is 147 Å². The van der Waals surface area contributed by atoms with Gasteiger partial charge in [0.05, 0.1) is 5.52 Å². The highest BCUT2D eigenvalue weighted by Crippen LogP contribution is 2.33. The summed E-state index contributed by atoms with van der Waals surface area (Å²) in [7, 11) is 0. The molecule has 1 fully saturated rings. The van der Waals surface area contributed by atoms with Gasteiger partial charge in [-0.3, -0.25) is 0 Å². The van der Waals surface area contributed by atoms with Crippen LogP contribution in [0.25, 0.3) is 16.5 Å². The van der Waals surface area contributed by atoms with Crippen LogP contribution in [0.5, 0.6) is 0 Å². The average molecular weight is 343 g/mol. The molecular weight excluding hydrogens is 318 g/mol.